The number of rotatable bonds is 11. The van der Waals surface area contributed by atoms with Crippen LogP contribution in [-0.4, -0.2) is 44.2 Å². The van der Waals surface area contributed by atoms with Crippen molar-refractivity contribution in [3.05, 3.63) is 88.5 Å². The summed E-state index contributed by atoms with van der Waals surface area (Å²) in [5.74, 6) is 0.859. The van der Waals surface area contributed by atoms with Gasteiger partial charge in [-0.1, -0.05) is 12.1 Å². The van der Waals surface area contributed by atoms with Gasteiger partial charge in [0.05, 0.1) is 27.2 Å². The van der Waals surface area contributed by atoms with Crippen LogP contribution >= 0.6 is 0 Å². The van der Waals surface area contributed by atoms with Crippen molar-refractivity contribution in [3.63, 3.8) is 0 Å². The van der Waals surface area contributed by atoms with Crippen LogP contribution in [0.25, 0.3) is 17.2 Å². The molecule has 0 fully saturated rings. The molecule has 1 aliphatic carbocycles. The Morgan fingerprint density at radius 1 is 1.13 bits per heavy atom. The first-order chi connectivity index (χ1) is 18.4. The quantitative estimate of drug-likeness (QED) is 0.285. The summed E-state index contributed by atoms with van der Waals surface area (Å²) in [5.41, 5.74) is 5.76. The van der Waals surface area contributed by atoms with Gasteiger partial charge >= 0.3 is 0 Å². The molecule has 0 atom stereocenters. The lowest BCUT2D eigenvalue weighted by Gasteiger charge is -2.15. The van der Waals surface area contributed by atoms with Crippen LogP contribution in [0.4, 0.5) is 4.39 Å². The number of nitrogens with zero attached hydrogens (tertiary/aromatic N) is 1. The molecule has 0 saturated heterocycles. The van der Waals surface area contributed by atoms with E-state index in [1.54, 1.807) is 18.5 Å². The third-order valence-electron chi connectivity index (χ3n) is 6.29. The van der Waals surface area contributed by atoms with Gasteiger partial charge in [0.1, 0.15) is 5.82 Å². The van der Waals surface area contributed by atoms with Crippen LogP contribution < -0.4 is 19.5 Å². The molecule has 2 aromatic carbocycles. The SMILES string of the molecule is COc1cc(/C=C2/C(C)=C(CC(=O)NCc3cccnc3)c3cc(F)ccc32)cc(OC)c1OCC[B]O. The molecule has 0 unspecified atom stereocenters. The second-order valence-electron chi connectivity index (χ2n) is 8.74. The number of carbonyl (C=O) groups is 1. The Kier molecular flexibility index (Phi) is 8.81. The fraction of sp³-hybridized carbons (Fsp3) is 0.241. The van der Waals surface area contributed by atoms with Crippen molar-refractivity contribution < 1.29 is 28.4 Å². The van der Waals surface area contributed by atoms with E-state index in [9.17, 15) is 9.18 Å². The fourth-order valence-corrected chi connectivity index (χ4v) is 4.41. The summed E-state index contributed by atoms with van der Waals surface area (Å²) in [4.78, 5) is 16.9. The summed E-state index contributed by atoms with van der Waals surface area (Å²) >= 11 is 0. The first-order valence-electron chi connectivity index (χ1n) is 12.2. The van der Waals surface area contributed by atoms with Gasteiger partial charge in [0, 0.05) is 18.9 Å². The van der Waals surface area contributed by atoms with Crippen molar-refractivity contribution in [1.82, 2.24) is 10.3 Å². The largest absolute Gasteiger partial charge is 0.493 e. The van der Waals surface area contributed by atoms with Gasteiger partial charge in [0.15, 0.2) is 11.5 Å². The van der Waals surface area contributed by atoms with E-state index in [2.05, 4.69) is 10.3 Å². The zero-order valence-corrected chi connectivity index (χ0v) is 21.6. The summed E-state index contributed by atoms with van der Waals surface area (Å²) in [7, 11) is 4.11. The summed E-state index contributed by atoms with van der Waals surface area (Å²) in [6.07, 6.45) is 5.81. The molecule has 4 rings (SSSR count). The van der Waals surface area contributed by atoms with Crippen LogP contribution in [0, 0.1) is 5.82 Å². The van der Waals surface area contributed by atoms with E-state index < -0.39 is 0 Å². The van der Waals surface area contributed by atoms with Crippen molar-refractivity contribution in [2.75, 3.05) is 20.8 Å². The lowest BCUT2D eigenvalue weighted by molar-refractivity contribution is -0.120. The zero-order chi connectivity index (χ0) is 27.1. The number of halogens is 1. The Bertz CT molecular complexity index is 1350. The Morgan fingerprint density at radius 2 is 1.89 bits per heavy atom. The minimum atomic E-state index is -0.365. The molecule has 7 nitrogen and oxygen atoms in total. The van der Waals surface area contributed by atoms with E-state index >= 15 is 0 Å². The van der Waals surface area contributed by atoms with E-state index in [0.717, 1.165) is 40.9 Å². The van der Waals surface area contributed by atoms with Gasteiger partial charge in [-0.05, 0) is 88.6 Å². The Labute approximate surface area is 222 Å². The molecule has 195 valence electrons. The first kappa shape index (κ1) is 26.9. The zero-order valence-electron chi connectivity index (χ0n) is 21.6. The number of hydrogen-bond donors (Lipinski definition) is 2. The van der Waals surface area contributed by atoms with Gasteiger partial charge in [-0.3, -0.25) is 9.78 Å². The monoisotopic (exact) mass is 515 g/mol. The highest BCUT2D eigenvalue weighted by atomic mass is 19.1. The van der Waals surface area contributed by atoms with Crippen molar-refractivity contribution >= 4 is 30.6 Å². The normalized spacial score (nSPS) is 13.3. The molecule has 0 spiro atoms. The molecule has 1 amide bonds. The van der Waals surface area contributed by atoms with Crippen LogP contribution in [0.2, 0.25) is 6.32 Å². The van der Waals surface area contributed by atoms with Gasteiger partial charge in [-0.15, -0.1) is 0 Å². The number of amides is 1. The second-order valence-corrected chi connectivity index (χ2v) is 8.74. The molecule has 0 saturated carbocycles. The van der Waals surface area contributed by atoms with Crippen molar-refractivity contribution in [1.29, 1.82) is 0 Å². The fourth-order valence-electron chi connectivity index (χ4n) is 4.41. The lowest BCUT2D eigenvalue weighted by Crippen LogP contribution is -2.22. The second kappa shape index (κ2) is 12.4. The molecule has 1 heterocycles. The average Bonchev–Trinajstić information content (AvgIpc) is 3.17. The highest BCUT2D eigenvalue weighted by molar-refractivity contribution is 6.25. The molecule has 3 aromatic rings. The molecule has 9 heteroatoms. The summed E-state index contributed by atoms with van der Waals surface area (Å²) in [5, 5.41) is 11.9. The maximum absolute atomic E-state index is 14.3. The standard InChI is InChI=1S/C29H29BFN2O5/c1-18-23(11-20-12-26(36-2)29(27(13-20)37-3)38-10-8-30-35)22-7-6-21(31)14-25(22)24(18)15-28(34)33-17-19-5-4-9-32-16-19/h4-7,9,11-14,16,35H,8,10,15,17H2,1-3H3,(H,33,34)/b23-11-. The molecule has 1 aliphatic rings. The van der Waals surface area contributed by atoms with Gasteiger partial charge in [0.2, 0.25) is 11.7 Å². The lowest BCUT2D eigenvalue weighted by atomic mass is 9.98. The number of methoxy groups -OCH3 is 2. The number of allylic oxidation sites excluding steroid dienone is 2. The topological polar surface area (TPSA) is 89.9 Å². The number of ether oxygens (including phenoxy) is 3. The number of pyridine rings is 1. The van der Waals surface area contributed by atoms with Gasteiger partial charge < -0.3 is 24.6 Å². The van der Waals surface area contributed by atoms with Crippen LogP contribution in [0.5, 0.6) is 17.2 Å². The summed E-state index contributed by atoms with van der Waals surface area (Å²) < 4.78 is 31.1. The van der Waals surface area contributed by atoms with Gasteiger partial charge in [-0.2, -0.15) is 0 Å². The van der Waals surface area contributed by atoms with Crippen molar-refractivity contribution in [2.24, 2.45) is 0 Å². The summed E-state index contributed by atoms with van der Waals surface area (Å²) in [6, 6.07) is 12.0. The highest BCUT2D eigenvalue weighted by Crippen LogP contribution is 2.45. The Morgan fingerprint density at radius 3 is 2.55 bits per heavy atom. The predicted molar refractivity (Wildman–Crippen MR) is 145 cm³/mol. The molecular formula is C29H29BFN2O5. The van der Waals surface area contributed by atoms with Crippen LogP contribution in [0.15, 0.2) is 60.4 Å². The Hall–Kier alpha value is -4.11. The maximum atomic E-state index is 14.3. The van der Waals surface area contributed by atoms with Crippen LogP contribution in [0.3, 0.4) is 0 Å². The molecule has 0 aliphatic heterocycles. The molecule has 0 bridgehead atoms. The van der Waals surface area contributed by atoms with Crippen molar-refractivity contribution in [3.8, 4) is 17.2 Å². The van der Waals surface area contributed by atoms with Crippen LogP contribution in [-0.2, 0) is 11.3 Å². The minimum absolute atomic E-state index is 0.112. The van der Waals surface area contributed by atoms with E-state index in [4.69, 9.17) is 19.2 Å². The maximum Gasteiger partial charge on any atom is 0.290 e. The molecule has 1 aromatic heterocycles. The number of aromatic nitrogens is 1. The Balaban J connectivity index is 1.66. The third-order valence-corrected chi connectivity index (χ3v) is 6.29. The van der Waals surface area contributed by atoms with E-state index in [1.165, 1.54) is 26.4 Å². The van der Waals surface area contributed by atoms with E-state index in [0.29, 0.717) is 35.7 Å². The average molecular weight is 515 g/mol. The smallest absolute Gasteiger partial charge is 0.290 e. The number of nitrogens with one attached hydrogen (secondary N) is 1. The number of carbonyl (C=O) groups excluding carboxylic acids is 1. The van der Waals surface area contributed by atoms with E-state index in [-0.39, 0.29) is 24.8 Å². The predicted octanol–water partition coefficient (Wildman–Crippen LogP) is 4.68. The number of fused-ring (bicyclic) bond motifs is 1. The first-order valence-corrected chi connectivity index (χ1v) is 12.2. The molecular weight excluding hydrogens is 486 g/mol. The van der Waals surface area contributed by atoms with Gasteiger partial charge in [0.25, 0.3) is 7.48 Å². The molecule has 2 N–H and O–H groups in total. The van der Waals surface area contributed by atoms with Gasteiger partial charge in [-0.25, -0.2) is 4.39 Å². The summed E-state index contributed by atoms with van der Waals surface area (Å²) in [6.45, 7) is 2.56. The third kappa shape index (κ3) is 6.06. The number of benzene rings is 2. The molecule has 1 radical (unpaired) electrons. The molecule has 38 heavy (non-hydrogen) atoms. The van der Waals surface area contributed by atoms with Crippen molar-refractivity contribution in [2.45, 2.75) is 26.2 Å². The highest BCUT2D eigenvalue weighted by Gasteiger charge is 2.26. The van der Waals surface area contributed by atoms with Crippen LogP contribution in [0.1, 0.15) is 35.6 Å². The number of hydrogen-bond acceptors (Lipinski definition) is 6. The minimum Gasteiger partial charge on any atom is -0.493 e. The van der Waals surface area contributed by atoms with E-state index in [1.807, 2.05) is 37.3 Å².